The van der Waals surface area contributed by atoms with Crippen LogP contribution in [0.2, 0.25) is 0 Å². The van der Waals surface area contributed by atoms with E-state index in [1.165, 1.54) is 6.20 Å². The number of aromatic nitrogens is 5. The van der Waals surface area contributed by atoms with E-state index in [1.807, 2.05) is 30.6 Å². The Hall–Kier alpha value is -3.03. The van der Waals surface area contributed by atoms with Crippen molar-refractivity contribution in [3.63, 3.8) is 0 Å². The van der Waals surface area contributed by atoms with Crippen molar-refractivity contribution in [3.05, 3.63) is 60.3 Å². The Morgan fingerprint density at radius 1 is 1.22 bits per heavy atom. The van der Waals surface area contributed by atoms with E-state index in [4.69, 9.17) is 0 Å². The molecule has 0 bridgehead atoms. The van der Waals surface area contributed by atoms with Gasteiger partial charge in [-0.05, 0) is 25.0 Å². The van der Waals surface area contributed by atoms with Gasteiger partial charge in [0.25, 0.3) is 0 Å². The topological polar surface area (TPSA) is 71.8 Å². The Morgan fingerprint density at radius 3 is 2.96 bits per heavy atom. The molecule has 7 nitrogen and oxygen atoms in total. The summed E-state index contributed by atoms with van der Waals surface area (Å²) in [5.74, 6) is 1.64. The lowest BCUT2D eigenvalue weighted by atomic mass is 9.97. The van der Waals surface area contributed by atoms with Crippen molar-refractivity contribution in [1.82, 2.24) is 24.5 Å². The summed E-state index contributed by atoms with van der Waals surface area (Å²) in [6.07, 6.45) is 8.92. The zero-order valence-corrected chi connectivity index (χ0v) is 15.2. The normalized spacial score (nSPS) is 17.1. The fraction of sp³-hybridized carbons (Fsp3) is 0.368. The Labute approximate surface area is 157 Å². The second-order valence-corrected chi connectivity index (χ2v) is 6.64. The molecule has 0 aromatic carbocycles. The highest BCUT2D eigenvalue weighted by Crippen LogP contribution is 2.28. The number of imidazole rings is 1. The van der Waals surface area contributed by atoms with Crippen molar-refractivity contribution in [1.29, 1.82) is 0 Å². The minimum Gasteiger partial charge on any atom is -0.371 e. The molecular formula is C19H22FN7. The van der Waals surface area contributed by atoms with Crippen molar-refractivity contribution < 1.29 is 4.39 Å². The number of rotatable bonds is 5. The third-order valence-corrected chi connectivity index (χ3v) is 4.84. The molecule has 27 heavy (non-hydrogen) atoms. The first-order valence-corrected chi connectivity index (χ1v) is 9.11. The predicted octanol–water partition coefficient (Wildman–Crippen LogP) is 2.68. The number of halogens is 1. The first-order chi connectivity index (χ1) is 13.2. The van der Waals surface area contributed by atoms with Gasteiger partial charge in [0, 0.05) is 44.6 Å². The van der Waals surface area contributed by atoms with Crippen LogP contribution in [0.5, 0.6) is 0 Å². The maximum absolute atomic E-state index is 13.7. The van der Waals surface area contributed by atoms with Gasteiger partial charge >= 0.3 is 0 Å². The van der Waals surface area contributed by atoms with E-state index in [2.05, 4.69) is 34.7 Å². The molecule has 1 atom stereocenters. The Balaban J connectivity index is 1.53. The number of nitrogens with zero attached hydrogens (tertiary/aromatic N) is 6. The molecule has 4 heterocycles. The predicted molar refractivity (Wildman–Crippen MR) is 101 cm³/mol. The molecule has 0 spiro atoms. The summed E-state index contributed by atoms with van der Waals surface area (Å²) in [5, 5.41) is 2.77. The SMILES string of the molecule is CNc1nc(N2CCC[C@@H](c3nccn3Cc3ccccn3)C2)ncc1F. The molecule has 140 valence electrons. The maximum atomic E-state index is 13.7. The van der Waals surface area contributed by atoms with E-state index in [-0.39, 0.29) is 11.7 Å². The van der Waals surface area contributed by atoms with Gasteiger partial charge in [-0.15, -0.1) is 0 Å². The second-order valence-electron chi connectivity index (χ2n) is 6.64. The van der Waals surface area contributed by atoms with Crippen LogP contribution >= 0.6 is 0 Å². The van der Waals surface area contributed by atoms with Crippen LogP contribution in [0.25, 0.3) is 0 Å². The highest BCUT2D eigenvalue weighted by Gasteiger charge is 2.26. The summed E-state index contributed by atoms with van der Waals surface area (Å²) in [5.41, 5.74) is 1.00. The summed E-state index contributed by atoms with van der Waals surface area (Å²) in [7, 11) is 1.66. The third-order valence-electron chi connectivity index (χ3n) is 4.84. The lowest BCUT2D eigenvalue weighted by Crippen LogP contribution is -2.36. The van der Waals surface area contributed by atoms with Crippen LogP contribution in [0.1, 0.15) is 30.3 Å². The molecule has 1 N–H and O–H groups in total. The molecule has 0 unspecified atom stereocenters. The van der Waals surface area contributed by atoms with Crippen molar-refractivity contribution in [3.8, 4) is 0 Å². The molecular weight excluding hydrogens is 345 g/mol. The Bertz CT molecular complexity index is 896. The van der Waals surface area contributed by atoms with E-state index < -0.39 is 5.82 Å². The lowest BCUT2D eigenvalue weighted by Gasteiger charge is -2.32. The fourth-order valence-corrected chi connectivity index (χ4v) is 3.54. The number of hydrogen-bond donors (Lipinski definition) is 1. The minimum absolute atomic E-state index is 0.221. The van der Waals surface area contributed by atoms with Gasteiger partial charge in [0.05, 0.1) is 18.4 Å². The van der Waals surface area contributed by atoms with Crippen LogP contribution in [0.15, 0.2) is 43.0 Å². The van der Waals surface area contributed by atoms with Crippen LogP contribution in [-0.2, 0) is 6.54 Å². The van der Waals surface area contributed by atoms with Crippen LogP contribution in [0, 0.1) is 5.82 Å². The molecule has 0 saturated carbocycles. The van der Waals surface area contributed by atoms with E-state index >= 15 is 0 Å². The number of hydrogen-bond acceptors (Lipinski definition) is 6. The Kier molecular flexibility index (Phi) is 4.95. The average Bonchev–Trinajstić information content (AvgIpc) is 3.17. The molecule has 1 fully saturated rings. The van der Waals surface area contributed by atoms with Crippen molar-refractivity contribution in [2.24, 2.45) is 0 Å². The van der Waals surface area contributed by atoms with Gasteiger partial charge in [-0.25, -0.2) is 14.4 Å². The van der Waals surface area contributed by atoms with Gasteiger partial charge in [0.1, 0.15) is 5.82 Å². The van der Waals surface area contributed by atoms with E-state index in [0.29, 0.717) is 12.5 Å². The largest absolute Gasteiger partial charge is 0.371 e. The first kappa shape index (κ1) is 17.4. The molecule has 1 aliphatic heterocycles. The highest BCUT2D eigenvalue weighted by molar-refractivity contribution is 5.42. The van der Waals surface area contributed by atoms with E-state index in [0.717, 1.165) is 37.4 Å². The molecule has 3 aromatic heterocycles. The molecule has 8 heteroatoms. The van der Waals surface area contributed by atoms with Crippen LogP contribution in [0.4, 0.5) is 16.2 Å². The van der Waals surface area contributed by atoms with Gasteiger partial charge in [-0.1, -0.05) is 6.07 Å². The van der Waals surface area contributed by atoms with Gasteiger partial charge in [-0.2, -0.15) is 4.98 Å². The molecule has 0 aliphatic carbocycles. The van der Waals surface area contributed by atoms with Gasteiger partial charge in [0.15, 0.2) is 11.6 Å². The van der Waals surface area contributed by atoms with Crippen molar-refractivity contribution in [2.75, 3.05) is 30.4 Å². The maximum Gasteiger partial charge on any atom is 0.227 e. The van der Waals surface area contributed by atoms with E-state index in [9.17, 15) is 4.39 Å². The van der Waals surface area contributed by atoms with Gasteiger partial charge in [0.2, 0.25) is 5.95 Å². The summed E-state index contributed by atoms with van der Waals surface area (Å²) in [6, 6.07) is 5.93. The summed E-state index contributed by atoms with van der Waals surface area (Å²) < 4.78 is 15.8. The molecule has 0 radical (unpaired) electrons. The molecule has 1 saturated heterocycles. The number of nitrogens with one attached hydrogen (secondary N) is 1. The molecule has 4 rings (SSSR count). The van der Waals surface area contributed by atoms with Crippen LogP contribution in [-0.4, -0.2) is 44.6 Å². The van der Waals surface area contributed by atoms with Crippen LogP contribution < -0.4 is 10.2 Å². The highest BCUT2D eigenvalue weighted by atomic mass is 19.1. The summed E-state index contributed by atoms with van der Waals surface area (Å²) >= 11 is 0. The zero-order chi connectivity index (χ0) is 18.6. The lowest BCUT2D eigenvalue weighted by molar-refractivity contribution is 0.470. The third kappa shape index (κ3) is 3.74. The van der Waals surface area contributed by atoms with Gasteiger partial charge in [-0.3, -0.25) is 4.98 Å². The minimum atomic E-state index is -0.444. The fourth-order valence-electron chi connectivity index (χ4n) is 3.54. The van der Waals surface area contributed by atoms with Crippen LogP contribution in [0.3, 0.4) is 0 Å². The monoisotopic (exact) mass is 367 g/mol. The standard InChI is InChI=1S/C19H22FN7/c1-21-17-16(20)11-24-19(25-17)27-9-4-5-14(12-27)18-23-8-10-26(18)13-15-6-2-3-7-22-15/h2-3,6-8,10-11,14H,4-5,9,12-13H2,1H3,(H,21,24,25)/t14-/m1/s1. The van der Waals surface area contributed by atoms with E-state index in [1.54, 1.807) is 13.2 Å². The second kappa shape index (κ2) is 7.69. The number of piperidine rings is 1. The quantitative estimate of drug-likeness (QED) is 0.748. The molecule has 0 amide bonds. The Morgan fingerprint density at radius 2 is 2.15 bits per heavy atom. The number of pyridine rings is 1. The van der Waals surface area contributed by atoms with Crippen molar-refractivity contribution >= 4 is 11.8 Å². The molecule has 3 aromatic rings. The first-order valence-electron chi connectivity index (χ1n) is 9.11. The average molecular weight is 367 g/mol. The molecule has 1 aliphatic rings. The zero-order valence-electron chi connectivity index (χ0n) is 15.2. The smallest absolute Gasteiger partial charge is 0.227 e. The van der Waals surface area contributed by atoms with Gasteiger partial charge < -0.3 is 14.8 Å². The number of anilines is 2. The summed E-state index contributed by atoms with van der Waals surface area (Å²) in [4.78, 5) is 19.6. The van der Waals surface area contributed by atoms with Crippen molar-refractivity contribution in [2.45, 2.75) is 25.3 Å². The summed E-state index contributed by atoms with van der Waals surface area (Å²) in [6.45, 7) is 2.31.